The van der Waals surface area contributed by atoms with Crippen LogP contribution in [0.3, 0.4) is 0 Å². The van der Waals surface area contributed by atoms with Crippen LogP contribution in [0.1, 0.15) is 24.9 Å². The van der Waals surface area contributed by atoms with Gasteiger partial charge in [-0.3, -0.25) is 14.1 Å². The molecule has 3 atom stereocenters. The molecule has 1 aromatic carbocycles. The molecule has 3 aromatic heterocycles. The third-order valence-electron chi connectivity index (χ3n) is 6.35. The lowest BCUT2D eigenvalue weighted by atomic mass is 10.1. The molecule has 4 aromatic rings. The zero-order valence-electron chi connectivity index (χ0n) is 19.9. The van der Waals surface area contributed by atoms with E-state index in [0.29, 0.717) is 41.3 Å². The largest absolute Gasteiger partial charge is 0.487 e. The highest BCUT2D eigenvalue weighted by Crippen LogP contribution is 2.39. The Balaban J connectivity index is 1.53. The molecule has 37 heavy (non-hydrogen) atoms. The summed E-state index contributed by atoms with van der Waals surface area (Å²) in [5.74, 6) is 0.767. The van der Waals surface area contributed by atoms with Gasteiger partial charge in [-0.25, -0.2) is 4.98 Å². The molecule has 0 aliphatic carbocycles. The molecule has 5 rings (SSSR count). The van der Waals surface area contributed by atoms with Gasteiger partial charge in [0.15, 0.2) is 11.5 Å². The minimum absolute atomic E-state index is 0.0733. The van der Waals surface area contributed by atoms with E-state index in [1.54, 1.807) is 19.1 Å². The highest BCUT2D eigenvalue weighted by Gasteiger charge is 2.46. The molecular weight excluding hydrogens is 489 g/mol. The van der Waals surface area contributed by atoms with Crippen LogP contribution in [0.25, 0.3) is 28.1 Å². The topological polar surface area (TPSA) is 108 Å². The van der Waals surface area contributed by atoms with Crippen molar-refractivity contribution in [1.29, 1.82) is 0 Å². The molecule has 9 nitrogen and oxygen atoms in total. The summed E-state index contributed by atoms with van der Waals surface area (Å²) in [5, 5.41) is 9.13. The lowest BCUT2D eigenvalue weighted by molar-refractivity contribution is -0.183. The number of ether oxygens (including phenoxy) is 2. The zero-order chi connectivity index (χ0) is 26.2. The zero-order valence-corrected chi connectivity index (χ0v) is 19.9. The molecular formula is C25H25F3N6O3. The smallest absolute Gasteiger partial charge is 0.408 e. The number of carbonyl (C=O) groups excluding carboxylic acids is 1. The SMILES string of the molecule is C[C@H](COc1cccc2ccc(-c3nnc4ccc([C@@H](N5CC[C@H](N)C5)C(F)(F)F)cn34)nc12)OC=O. The van der Waals surface area contributed by atoms with Crippen LogP contribution in [0.4, 0.5) is 13.2 Å². The fraction of sp³-hybridized carbons (Fsp3) is 0.360. The molecule has 12 heteroatoms. The van der Waals surface area contributed by atoms with Crippen LogP contribution < -0.4 is 10.5 Å². The number of fused-ring (bicyclic) bond motifs is 2. The first kappa shape index (κ1) is 24.9. The molecule has 194 valence electrons. The van der Waals surface area contributed by atoms with Crippen LogP contribution in [-0.2, 0) is 9.53 Å². The maximum absolute atomic E-state index is 14.2. The van der Waals surface area contributed by atoms with Crippen molar-refractivity contribution >= 4 is 23.0 Å². The van der Waals surface area contributed by atoms with Gasteiger partial charge < -0.3 is 15.2 Å². The molecule has 0 spiro atoms. The van der Waals surface area contributed by atoms with E-state index < -0.39 is 18.3 Å². The predicted molar refractivity (Wildman–Crippen MR) is 129 cm³/mol. The van der Waals surface area contributed by atoms with Crippen molar-refractivity contribution in [3.8, 4) is 17.3 Å². The first-order valence-electron chi connectivity index (χ1n) is 11.8. The summed E-state index contributed by atoms with van der Waals surface area (Å²) in [5.41, 5.74) is 7.31. The van der Waals surface area contributed by atoms with Gasteiger partial charge in [0.1, 0.15) is 35.7 Å². The predicted octanol–water partition coefficient (Wildman–Crippen LogP) is 3.52. The van der Waals surface area contributed by atoms with Crippen molar-refractivity contribution in [2.45, 2.75) is 37.7 Å². The first-order valence-corrected chi connectivity index (χ1v) is 11.8. The Kier molecular flexibility index (Phi) is 6.69. The number of nitrogens with two attached hydrogens (primary N) is 1. The summed E-state index contributed by atoms with van der Waals surface area (Å²) in [6.45, 7) is 2.62. The molecule has 0 bridgehead atoms. The Morgan fingerprint density at radius 3 is 2.76 bits per heavy atom. The molecule has 2 N–H and O–H groups in total. The second-order valence-electron chi connectivity index (χ2n) is 9.08. The van der Waals surface area contributed by atoms with Gasteiger partial charge in [0, 0.05) is 30.7 Å². The standard InChI is InChI=1S/C25H25F3N6O3/c1-15(37-14-35)13-36-20-4-2-3-16-5-7-19(30-22(16)20)24-32-31-21-8-6-17(11-34(21)24)23(25(26,27)28)33-10-9-18(29)12-33/h2-8,11,14-15,18,23H,9-10,12-13,29H2,1H3/t15-,18+,23-/m1/s1. The monoisotopic (exact) mass is 514 g/mol. The quantitative estimate of drug-likeness (QED) is 0.356. The van der Waals surface area contributed by atoms with E-state index in [1.807, 2.05) is 18.2 Å². The van der Waals surface area contributed by atoms with Crippen LogP contribution >= 0.6 is 0 Å². The van der Waals surface area contributed by atoms with Gasteiger partial charge in [-0.05, 0) is 37.1 Å². The van der Waals surface area contributed by atoms with Crippen LogP contribution in [0.5, 0.6) is 5.75 Å². The Hall–Kier alpha value is -3.77. The van der Waals surface area contributed by atoms with Crippen LogP contribution in [0, 0.1) is 0 Å². The van der Waals surface area contributed by atoms with Crippen LogP contribution in [0.2, 0.25) is 0 Å². The van der Waals surface area contributed by atoms with E-state index >= 15 is 0 Å². The van der Waals surface area contributed by atoms with Crippen molar-refractivity contribution in [2.75, 3.05) is 19.7 Å². The van der Waals surface area contributed by atoms with Crippen molar-refractivity contribution in [1.82, 2.24) is 24.5 Å². The number of para-hydroxylation sites is 1. The maximum Gasteiger partial charge on any atom is 0.408 e. The Bertz CT molecular complexity index is 1430. The number of likely N-dealkylation sites (tertiary alicyclic amines) is 1. The lowest BCUT2D eigenvalue weighted by Gasteiger charge is -2.30. The third kappa shape index (κ3) is 5.07. The average Bonchev–Trinajstić information content (AvgIpc) is 3.47. The molecule has 0 saturated carbocycles. The Labute approximate surface area is 210 Å². The van der Waals surface area contributed by atoms with Gasteiger partial charge in [0.25, 0.3) is 6.47 Å². The molecule has 1 saturated heterocycles. The number of aromatic nitrogens is 4. The van der Waals surface area contributed by atoms with Crippen LogP contribution in [0.15, 0.2) is 48.7 Å². The minimum Gasteiger partial charge on any atom is -0.487 e. The minimum atomic E-state index is -4.48. The summed E-state index contributed by atoms with van der Waals surface area (Å²) in [6.07, 6.45) is -3.01. The lowest BCUT2D eigenvalue weighted by Crippen LogP contribution is -2.38. The fourth-order valence-corrected chi connectivity index (χ4v) is 4.60. The average molecular weight is 515 g/mol. The number of hydrogen-bond donors (Lipinski definition) is 1. The normalized spacial score (nSPS) is 18.2. The van der Waals surface area contributed by atoms with Gasteiger partial charge in [-0.1, -0.05) is 24.3 Å². The number of pyridine rings is 2. The van der Waals surface area contributed by atoms with Gasteiger partial charge in [-0.2, -0.15) is 13.2 Å². The molecule has 0 unspecified atom stereocenters. The summed E-state index contributed by atoms with van der Waals surface area (Å²) in [4.78, 5) is 16.6. The second-order valence-corrected chi connectivity index (χ2v) is 9.08. The Morgan fingerprint density at radius 1 is 1.19 bits per heavy atom. The van der Waals surface area contributed by atoms with Gasteiger partial charge in [0.05, 0.1) is 0 Å². The number of rotatable bonds is 8. The number of halogens is 3. The highest BCUT2D eigenvalue weighted by molar-refractivity contribution is 5.86. The van der Waals surface area contributed by atoms with E-state index in [2.05, 4.69) is 10.2 Å². The Morgan fingerprint density at radius 2 is 2.03 bits per heavy atom. The van der Waals surface area contributed by atoms with Crippen molar-refractivity contribution < 1.29 is 27.4 Å². The summed E-state index contributed by atoms with van der Waals surface area (Å²) >= 11 is 0. The van der Waals surface area contributed by atoms with E-state index in [9.17, 15) is 18.0 Å². The first-order chi connectivity index (χ1) is 17.7. The highest BCUT2D eigenvalue weighted by atomic mass is 19.4. The number of hydrogen-bond acceptors (Lipinski definition) is 8. The number of benzene rings is 1. The van der Waals surface area contributed by atoms with Crippen molar-refractivity contribution in [2.24, 2.45) is 5.73 Å². The molecule has 1 fully saturated rings. The molecule has 1 aliphatic heterocycles. The number of nitrogens with zero attached hydrogens (tertiary/aromatic N) is 5. The van der Waals surface area contributed by atoms with E-state index in [0.717, 1.165) is 5.39 Å². The van der Waals surface area contributed by atoms with E-state index in [-0.39, 0.29) is 31.3 Å². The van der Waals surface area contributed by atoms with Gasteiger partial charge in [-0.15, -0.1) is 10.2 Å². The van der Waals surface area contributed by atoms with Crippen LogP contribution in [-0.4, -0.2) is 69.0 Å². The third-order valence-corrected chi connectivity index (χ3v) is 6.35. The van der Waals surface area contributed by atoms with E-state index in [4.69, 9.17) is 20.2 Å². The molecule has 0 radical (unpaired) electrons. The van der Waals surface area contributed by atoms with Gasteiger partial charge >= 0.3 is 6.18 Å². The second kappa shape index (κ2) is 9.94. The summed E-state index contributed by atoms with van der Waals surface area (Å²) in [6, 6.07) is 9.83. The number of alkyl halides is 3. The maximum atomic E-state index is 14.2. The summed E-state index contributed by atoms with van der Waals surface area (Å²) in [7, 11) is 0. The van der Waals surface area contributed by atoms with Crippen molar-refractivity contribution in [3.05, 3.63) is 54.2 Å². The molecule has 4 heterocycles. The fourth-order valence-electron chi connectivity index (χ4n) is 4.60. The van der Waals surface area contributed by atoms with Crippen molar-refractivity contribution in [3.63, 3.8) is 0 Å². The van der Waals surface area contributed by atoms with Gasteiger partial charge in [0.2, 0.25) is 0 Å². The summed E-state index contributed by atoms with van der Waals surface area (Å²) < 4.78 is 54.7. The molecule has 0 amide bonds. The molecule has 1 aliphatic rings. The number of carbonyl (C=O) groups is 1. The van der Waals surface area contributed by atoms with E-state index in [1.165, 1.54) is 27.6 Å².